The average molecular weight is 667 g/mol. The summed E-state index contributed by atoms with van der Waals surface area (Å²) in [5.41, 5.74) is 6.73. The van der Waals surface area contributed by atoms with Crippen LogP contribution in [-0.2, 0) is 9.59 Å². The number of fused-ring (bicyclic) bond motifs is 4. The fourth-order valence-corrected chi connectivity index (χ4v) is 4.87. The van der Waals surface area contributed by atoms with Gasteiger partial charge in [0.15, 0.2) is 0 Å². The van der Waals surface area contributed by atoms with Crippen molar-refractivity contribution in [3.63, 3.8) is 0 Å². The monoisotopic (exact) mass is 666 g/mol. The second kappa shape index (κ2) is 18.3. The standard InChI is InChI=1S/2C19H17NO.C4H4O4/c2*1-3-14(2)20-13-16-12-15-8-4-6-10-18(15)21-19-11-7-5-9-17(16)19;5-3(6)1-2-4(7)8/h2*1,4-12,14,20H,13H2,2H3;1-2H,(H,5,6)(H,7,8)/b;;2-1-. The largest absolute Gasteiger partial charge is 0.478 e. The Morgan fingerprint density at radius 3 is 1.32 bits per heavy atom. The smallest absolute Gasteiger partial charge is 0.328 e. The van der Waals surface area contributed by atoms with E-state index in [0.717, 1.165) is 45.3 Å². The molecule has 2 aliphatic heterocycles. The number of nitrogens with one attached hydrogen (secondary N) is 2. The molecule has 0 aliphatic carbocycles. The van der Waals surface area contributed by atoms with Gasteiger partial charge in [-0.25, -0.2) is 9.59 Å². The van der Waals surface area contributed by atoms with Gasteiger partial charge in [-0.2, -0.15) is 0 Å². The van der Waals surface area contributed by atoms with Gasteiger partial charge in [0.25, 0.3) is 0 Å². The van der Waals surface area contributed by atoms with Crippen LogP contribution in [0.15, 0.2) is 109 Å². The summed E-state index contributed by atoms with van der Waals surface area (Å²) in [5.74, 6) is 6.39. The molecule has 6 rings (SSSR count). The molecule has 0 fully saturated rings. The van der Waals surface area contributed by atoms with Gasteiger partial charge in [-0.15, -0.1) is 12.8 Å². The van der Waals surface area contributed by atoms with Crippen LogP contribution in [0.5, 0.6) is 23.0 Å². The maximum Gasteiger partial charge on any atom is 0.328 e. The van der Waals surface area contributed by atoms with Crippen molar-refractivity contribution >= 4 is 35.2 Å². The van der Waals surface area contributed by atoms with Gasteiger partial charge in [-0.1, -0.05) is 84.6 Å². The first-order chi connectivity index (χ1) is 24.2. The number of hydrogen-bond donors (Lipinski definition) is 4. The fraction of sp³-hybridized carbons (Fsp3) is 0.143. The minimum atomic E-state index is -1.26. The van der Waals surface area contributed by atoms with E-state index in [2.05, 4.69) is 58.9 Å². The Labute approximate surface area is 292 Å². The van der Waals surface area contributed by atoms with E-state index < -0.39 is 11.9 Å². The summed E-state index contributed by atoms with van der Waals surface area (Å²) in [6.07, 6.45) is 16.3. The van der Waals surface area contributed by atoms with E-state index in [0.29, 0.717) is 25.2 Å². The van der Waals surface area contributed by atoms with Crippen LogP contribution in [0.3, 0.4) is 0 Å². The molecule has 2 heterocycles. The number of rotatable bonds is 8. The molecule has 4 aromatic carbocycles. The molecule has 8 heteroatoms. The Kier molecular flexibility index (Phi) is 13.4. The molecular weight excluding hydrogens is 628 g/mol. The normalized spacial score (nSPS) is 13.1. The van der Waals surface area contributed by atoms with Gasteiger partial charge in [0.2, 0.25) is 0 Å². The van der Waals surface area contributed by atoms with Crippen molar-refractivity contribution < 1.29 is 29.3 Å². The molecule has 0 saturated carbocycles. The molecule has 4 aromatic rings. The maximum absolute atomic E-state index is 9.55. The lowest BCUT2D eigenvalue weighted by Gasteiger charge is -2.13. The van der Waals surface area contributed by atoms with E-state index in [1.165, 1.54) is 11.1 Å². The minimum absolute atomic E-state index is 0.0393. The lowest BCUT2D eigenvalue weighted by atomic mass is 10.0. The highest BCUT2D eigenvalue weighted by molar-refractivity contribution is 5.90. The van der Waals surface area contributed by atoms with Crippen LogP contribution in [0.4, 0.5) is 0 Å². The Morgan fingerprint density at radius 1 is 0.620 bits per heavy atom. The Balaban J connectivity index is 0.000000186. The maximum atomic E-state index is 9.55. The zero-order chi connectivity index (χ0) is 35.9. The predicted molar refractivity (Wildman–Crippen MR) is 199 cm³/mol. The van der Waals surface area contributed by atoms with Gasteiger partial charge in [0.05, 0.1) is 12.1 Å². The molecule has 0 radical (unpaired) electrons. The Hall–Kier alpha value is -6.32. The number of carboxylic acid groups (broad SMARTS) is 2. The zero-order valence-electron chi connectivity index (χ0n) is 27.8. The van der Waals surface area contributed by atoms with E-state index in [1.54, 1.807) is 0 Å². The van der Waals surface area contributed by atoms with Crippen molar-refractivity contribution in [1.82, 2.24) is 10.6 Å². The quantitative estimate of drug-likeness (QED) is 0.112. The van der Waals surface area contributed by atoms with Crippen molar-refractivity contribution in [1.29, 1.82) is 0 Å². The first-order valence-electron chi connectivity index (χ1n) is 15.8. The predicted octanol–water partition coefficient (Wildman–Crippen LogP) is 7.60. The van der Waals surface area contributed by atoms with Crippen LogP contribution < -0.4 is 20.1 Å². The van der Waals surface area contributed by atoms with Gasteiger partial charge < -0.3 is 19.7 Å². The summed E-state index contributed by atoms with van der Waals surface area (Å²) in [6.45, 7) is 5.38. The topological polar surface area (TPSA) is 117 Å². The van der Waals surface area contributed by atoms with Crippen molar-refractivity contribution in [2.24, 2.45) is 0 Å². The first kappa shape index (κ1) is 36.5. The van der Waals surface area contributed by atoms with Gasteiger partial charge in [-0.05, 0) is 61.4 Å². The summed E-state index contributed by atoms with van der Waals surface area (Å²) < 4.78 is 12.1. The highest BCUT2D eigenvalue weighted by Gasteiger charge is 2.17. The second-order valence-corrected chi connectivity index (χ2v) is 11.2. The summed E-state index contributed by atoms with van der Waals surface area (Å²) in [6, 6.07) is 32.4. The van der Waals surface area contributed by atoms with Crippen LogP contribution in [-0.4, -0.2) is 47.3 Å². The van der Waals surface area contributed by atoms with Crippen LogP contribution >= 0.6 is 0 Å². The third-order valence-electron chi connectivity index (χ3n) is 7.47. The Morgan fingerprint density at radius 2 is 0.960 bits per heavy atom. The molecule has 2 atom stereocenters. The van der Waals surface area contributed by atoms with Crippen molar-refractivity contribution in [2.75, 3.05) is 13.1 Å². The lowest BCUT2D eigenvalue weighted by Crippen LogP contribution is -2.25. The number of aliphatic carboxylic acids is 2. The van der Waals surface area contributed by atoms with Crippen LogP contribution in [0.2, 0.25) is 0 Å². The molecule has 50 heavy (non-hydrogen) atoms. The van der Waals surface area contributed by atoms with E-state index in [4.69, 9.17) is 32.5 Å². The molecule has 0 saturated heterocycles. The highest BCUT2D eigenvalue weighted by Crippen LogP contribution is 2.38. The van der Waals surface area contributed by atoms with E-state index in [-0.39, 0.29) is 12.1 Å². The third-order valence-corrected chi connectivity index (χ3v) is 7.47. The SMILES string of the molecule is C#CC(C)NCC1=Cc2ccccc2Oc2ccccc21.C#CC(C)NCC1=Cc2ccccc2Oc2ccccc21.O=C(O)/C=C\C(=O)O. The number of terminal acetylenes is 2. The summed E-state index contributed by atoms with van der Waals surface area (Å²) >= 11 is 0. The van der Waals surface area contributed by atoms with Crippen molar-refractivity contribution in [2.45, 2.75) is 25.9 Å². The van der Waals surface area contributed by atoms with Crippen molar-refractivity contribution in [3.05, 3.63) is 131 Å². The van der Waals surface area contributed by atoms with Gasteiger partial charge in [0, 0.05) is 47.5 Å². The van der Waals surface area contributed by atoms with E-state index in [9.17, 15) is 9.59 Å². The molecule has 0 spiro atoms. The van der Waals surface area contributed by atoms with Crippen LogP contribution in [0.1, 0.15) is 36.1 Å². The zero-order valence-corrected chi connectivity index (χ0v) is 27.8. The molecule has 8 nitrogen and oxygen atoms in total. The molecule has 252 valence electrons. The number of hydrogen-bond acceptors (Lipinski definition) is 6. The molecule has 4 N–H and O–H groups in total. The summed E-state index contributed by atoms with van der Waals surface area (Å²) in [7, 11) is 0. The van der Waals surface area contributed by atoms with Gasteiger partial charge in [0.1, 0.15) is 23.0 Å². The second-order valence-electron chi connectivity index (χ2n) is 11.2. The molecule has 2 aliphatic rings. The molecular formula is C42H38N2O6. The number of benzene rings is 4. The summed E-state index contributed by atoms with van der Waals surface area (Å²) in [4.78, 5) is 19.1. The molecule has 0 amide bonds. The number of ether oxygens (including phenoxy) is 2. The number of carbonyl (C=O) groups is 2. The Bertz CT molecular complexity index is 1850. The van der Waals surface area contributed by atoms with Crippen molar-refractivity contribution in [3.8, 4) is 47.7 Å². The van der Waals surface area contributed by atoms with E-state index in [1.807, 2.05) is 86.6 Å². The minimum Gasteiger partial charge on any atom is -0.478 e. The van der Waals surface area contributed by atoms with Crippen LogP contribution in [0, 0.1) is 24.7 Å². The lowest BCUT2D eigenvalue weighted by molar-refractivity contribution is -0.134. The summed E-state index contributed by atoms with van der Waals surface area (Å²) in [5, 5.41) is 22.3. The molecule has 0 bridgehead atoms. The average Bonchev–Trinajstić information content (AvgIpc) is 3.40. The fourth-order valence-electron chi connectivity index (χ4n) is 4.87. The third kappa shape index (κ3) is 10.6. The number of para-hydroxylation sites is 4. The van der Waals surface area contributed by atoms with Gasteiger partial charge in [-0.3, -0.25) is 10.6 Å². The van der Waals surface area contributed by atoms with Gasteiger partial charge >= 0.3 is 11.9 Å². The molecule has 0 aromatic heterocycles. The van der Waals surface area contributed by atoms with E-state index >= 15 is 0 Å². The van der Waals surface area contributed by atoms with Crippen LogP contribution in [0.25, 0.3) is 23.3 Å². The first-order valence-corrected chi connectivity index (χ1v) is 15.8. The molecule has 2 unspecified atom stereocenters. The highest BCUT2D eigenvalue weighted by atomic mass is 16.5. The number of carboxylic acids is 2.